The zero-order valence-electron chi connectivity index (χ0n) is 13.7. The SMILES string of the molecule is COc1nccc(CN2CC(C(=O)O)CCC23CCCCC3)n1. The van der Waals surface area contributed by atoms with Crippen molar-refractivity contribution >= 4 is 5.97 Å². The minimum atomic E-state index is -0.680. The molecule has 0 radical (unpaired) electrons. The molecule has 6 heteroatoms. The molecule has 0 aromatic carbocycles. The molecule has 0 bridgehead atoms. The molecule has 0 amide bonds. The molecule has 1 aromatic rings. The van der Waals surface area contributed by atoms with E-state index in [1.54, 1.807) is 13.3 Å². The Morgan fingerprint density at radius 1 is 1.39 bits per heavy atom. The fourth-order valence-corrected chi connectivity index (χ4v) is 4.12. The average Bonchev–Trinajstić information content (AvgIpc) is 2.58. The van der Waals surface area contributed by atoms with Crippen LogP contribution in [-0.4, -0.2) is 45.1 Å². The Kier molecular flexibility index (Phi) is 4.80. The first-order valence-corrected chi connectivity index (χ1v) is 8.47. The molecule has 1 aromatic heterocycles. The highest BCUT2D eigenvalue weighted by molar-refractivity contribution is 5.70. The van der Waals surface area contributed by atoms with Crippen LogP contribution in [0.4, 0.5) is 0 Å². The standard InChI is InChI=1S/C17H25N3O3/c1-23-16-18-10-6-14(19-16)12-20-11-13(15(21)22)5-9-17(20)7-3-2-4-8-17/h6,10,13H,2-5,7-9,11-12H2,1H3,(H,21,22). The lowest BCUT2D eigenvalue weighted by atomic mass is 9.72. The van der Waals surface area contributed by atoms with Crippen LogP contribution in [0, 0.1) is 5.92 Å². The number of rotatable bonds is 4. The highest BCUT2D eigenvalue weighted by Gasteiger charge is 2.43. The zero-order valence-corrected chi connectivity index (χ0v) is 13.7. The Labute approximate surface area is 136 Å². The molecule has 2 heterocycles. The van der Waals surface area contributed by atoms with Gasteiger partial charge in [0.2, 0.25) is 0 Å². The van der Waals surface area contributed by atoms with Crippen LogP contribution in [-0.2, 0) is 11.3 Å². The number of aliphatic carboxylic acids is 1. The monoisotopic (exact) mass is 319 g/mol. The van der Waals surface area contributed by atoms with Gasteiger partial charge in [0.15, 0.2) is 0 Å². The fourth-order valence-electron chi connectivity index (χ4n) is 4.12. The summed E-state index contributed by atoms with van der Waals surface area (Å²) in [4.78, 5) is 22.3. The van der Waals surface area contributed by atoms with Gasteiger partial charge in [0.05, 0.1) is 18.7 Å². The second-order valence-electron chi connectivity index (χ2n) is 6.77. The Hall–Kier alpha value is -1.69. The Bertz CT molecular complexity index is 558. The van der Waals surface area contributed by atoms with E-state index >= 15 is 0 Å². The first-order valence-electron chi connectivity index (χ1n) is 8.47. The average molecular weight is 319 g/mol. The predicted molar refractivity (Wildman–Crippen MR) is 85.2 cm³/mol. The number of nitrogens with zero attached hydrogens (tertiary/aromatic N) is 3. The van der Waals surface area contributed by atoms with Crippen molar-refractivity contribution in [2.24, 2.45) is 5.92 Å². The molecule has 1 atom stereocenters. The molecule has 23 heavy (non-hydrogen) atoms. The van der Waals surface area contributed by atoms with Gasteiger partial charge in [-0.05, 0) is 31.7 Å². The van der Waals surface area contributed by atoms with E-state index in [1.807, 2.05) is 6.07 Å². The number of likely N-dealkylation sites (tertiary alicyclic amines) is 1. The number of carboxylic acids is 1. The number of hydrogen-bond acceptors (Lipinski definition) is 5. The molecular formula is C17H25N3O3. The van der Waals surface area contributed by atoms with Crippen molar-refractivity contribution in [1.82, 2.24) is 14.9 Å². The highest BCUT2D eigenvalue weighted by Crippen LogP contribution is 2.42. The summed E-state index contributed by atoms with van der Waals surface area (Å²) in [7, 11) is 1.56. The molecule has 1 aliphatic carbocycles. The summed E-state index contributed by atoms with van der Waals surface area (Å²) in [5.41, 5.74) is 1.05. The van der Waals surface area contributed by atoms with Gasteiger partial charge in [0, 0.05) is 24.8 Å². The van der Waals surface area contributed by atoms with Crippen molar-refractivity contribution in [3.8, 4) is 6.01 Å². The summed E-state index contributed by atoms with van der Waals surface area (Å²) in [5.74, 6) is -0.952. The maximum Gasteiger partial charge on any atom is 0.316 e. The van der Waals surface area contributed by atoms with Crippen molar-refractivity contribution in [1.29, 1.82) is 0 Å². The van der Waals surface area contributed by atoms with Gasteiger partial charge in [-0.25, -0.2) is 4.98 Å². The highest BCUT2D eigenvalue weighted by atomic mass is 16.5. The first-order chi connectivity index (χ1) is 11.1. The normalized spacial score (nSPS) is 24.5. The molecule has 2 aliphatic rings. The lowest BCUT2D eigenvalue weighted by Gasteiger charge is -2.51. The molecule has 1 saturated carbocycles. The topological polar surface area (TPSA) is 75.5 Å². The minimum absolute atomic E-state index is 0.155. The molecule has 1 spiro atoms. The molecular weight excluding hydrogens is 294 g/mol. The predicted octanol–water partition coefficient (Wildman–Crippen LogP) is 2.48. The second kappa shape index (κ2) is 6.83. The second-order valence-corrected chi connectivity index (χ2v) is 6.77. The van der Waals surface area contributed by atoms with Crippen LogP contribution in [0.15, 0.2) is 12.3 Å². The minimum Gasteiger partial charge on any atom is -0.481 e. The Morgan fingerprint density at radius 3 is 2.87 bits per heavy atom. The first kappa shape index (κ1) is 16.2. The Balaban J connectivity index is 1.81. The van der Waals surface area contributed by atoms with Gasteiger partial charge in [-0.15, -0.1) is 0 Å². The van der Waals surface area contributed by atoms with Crippen LogP contribution in [0.3, 0.4) is 0 Å². The van der Waals surface area contributed by atoms with Gasteiger partial charge < -0.3 is 9.84 Å². The van der Waals surface area contributed by atoms with Crippen molar-refractivity contribution < 1.29 is 14.6 Å². The van der Waals surface area contributed by atoms with E-state index in [1.165, 1.54) is 32.1 Å². The number of carbonyl (C=O) groups is 1. The third kappa shape index (κ3) is 3.47. The molecule has 2 fully saturated rings. The van der Waals surface area contributed by atoms with E-state index in [-0.39, 0.29) is 11.5 Å². The van der Waals surface area contributed by atoms with Gasteiger partial charge in [0.1, 0.15) is 0 Å². The number of methoxy groups -OCH3 is 1. The lowest BCUT2D eigenvalue weighted by Crippen LogP contribution is -2.55. The van der Waals surface area contributed by atoms with Crippen molar-refractivity contribution in [3.63, 3.8) is 0 Å². The molecule has 6 nitrogen and oxygen atoms in total. The molecule has 1 saturated heterocycles. The molecule has 1 unspecified atom stereocenters. The molecule has 126 valence electrons. The van der Waals surface area contributed by atoms with Crippen LogP contribution in [0.1, 0.15) is 50.6 Å². The third-order valence-corrected chi connectivity index (χ3v) is 5.43. The number of piperidine rings is 1. The summed E-state index contributed by atoms with van der Waals surface area (Å²) in [6.07, 6.45) is 9.57. The van der Waals surface area contributed by atoms with Crippen molar-refractivity contribution in [2.75, 3.05) is 13.7 Å². The number of aromatic nitrogens is 2. The molecule has 3 rings (SSSR count). The maximum absolute atomic E-state index is 11.5. The maximum atomic E-state index is 11.5. The number of ether oxygens (including phenoxy) is 1. The van der Waals surface area contributed by atoms with E-state index in [4.69, 9.17) is 4.74 Å². The van der Waals surface area contributed by atoms with E-state index < -0.39 is 5.97 Å². The van der Waals surface area contributed by atoms with Crippen LogP contribution in [0.5, 0.6) is 6.01 Å². The summed E-state index contributed by atoms with van der Waals surface area (Å²) >= 11 is 0. The summed E-state index contributed by atoms with van der Waals surface area (Å²) < 4.78 is 5.11. The van der Waals surface area contributed by atoms with Gasteiger partial charge in [-0.2, -0.15) is 4.98 Å². The summed E-state index contributed by atoms with van der Waals surface area (Å²) in [6, 6.07) is 2.26. The Morgan fingerprint density at radius 2 is 2.17 bits per heavy atom. The summed E-state index contributed by atoms with van der Waals surface area (Å²) in [6.45, 7) is 1.28. The van der Waals surface area contributed by atoms with Crippen LogP contribution >= 0.6 is 0 Å². The zero-order chi connectivity index (χ0) is 16.3. The van der Waals surface area contributed by atoms with Crippen LogP contribution in [0.2, 0.25) is 0 Å². The van der Waals surface area contributed by atoms with Gasteiger partial charge in [-0.1, -0.05) is 19.3 Å². The summed E-state index contributed by atoms with van der Waals surface area (Å²) in [5, 5.41) is 9.42. The van der Waals surface area contributed by atoms with Crippen LogP contribution in [0.25, 0.3) is 0 Å². The van der Waals surface area contributed by atoms with Gasteiger partial charge >= 0.3 is 12.0 Å². The molecule has 1 N–H and O–H groups in total. The smallest absolute Gasteiger partial charge is 0.316 e. The number of carboxylic acid groups (broad SMARTS) is 1. The third-order valence-electron chi connectivity index (χ3n) is 5.43. The van der Waals surface area contributed by atoms with Gasteiger partial charge in [-0.3, -0.25) is 9.69 Å². The van der Waals surface area contributed by atoms with E-state index in [0.29, 0.717) is 19.1 Å². The van der Waals surface area contributed by atoms with Crippen LogP contribution < -0.4 is 4.74 Å². The lowest BCUT2D eigenvalue weighted by molar-refractivity contribution is -0.146. The number of hydrogen-bond donors (Lipinski definition) is 1. The van der Waals surface area contributed by atoms with Crippen molar-refractivity contribution in [3.05, 3.63) is 18.0 Å². The van der Waals surface area contributed by atoms with E-state index in [9.17, 15) is 9.90 Å². The van der Waals surface area contributed by atoms with Gasteiger partial charge in [0.25, 0.3) is 0 Å². The fraction of sp³-hybridized carbons (Fsp3) is 0.706. The quantitative estimate of drug-likeness (QED) is 0.919. The largest absolute Gasteiger partial charge is 0.481 e. The van der Waals surface area contributed by atoms with E-state index in [2.05, 4.69) is 14.9 Å². The van der Waals surface area contributed by atoms with Crippen molar-refractivity contribution in [2.45, 2.75) is 57.0 Å². The van der Waals surface area contributed by atoms with E-state index in [0.717, 1.165) is 18.5 Å². The molecule has 1 aliphatic heterocycles.